The van der Waals surface area contributed by atoms with Crippen molar-refractivity contribution >= 4 is 28.6 Å². The van der Waals surface area contributed by atoms with Crippen molar-refractivity contribution in [2.24, 2.45) is 5.16 Å². The van der Waals surface area contributed by atoms with Gasteiger partial charge in [0, 0.05) is 11.2 Å². The summed E-state index contributed by atoms with van der Waals surface area (Å²) in [4.78, 5) is 25.8. The van der Waals surface area contributed by atoms with E-state index in [9.17, 15) is 15.0 Å². The Morgan fingerprint density at radius 2 is 1.74 bits per heavy atom. The molecule has 0 amide bonds. The van der Waals surface area contributed by atoms with Gasteiger partial charge in [-0.2, -0.15) is 0 Å². The van der Waals surface area contributed by atoms with Gasteiger partial charge in [-0.05, 0) is 53.9 Å². The fraction of sp³-hybridized carbons (Fsp3) is 0.219. The molecule has 3 aromatic carbocycles. The van der Waals surface area contributed by atoms with E-state index in [1.165, 1.54) is 6.33 Å². The Kier molecular flexibility index (Phi) is 8.26. The van der Waals surface area contributed by atoms with Crippen LogP contribution in [0.4, 0.5) is 0 Å². The number of esters is 1. The van der Waals surface area contributed by atoms with Gasteiger partial charge in [0.2, 0.25) is 5.49 Å². The van der Waals surface area contributed by atoms with Crippen molar-refractivity contribution < 1.29 is 29.3 Å². The molecule has 1 aliphatic rings. The van der Waals surface area contributed by atoms with Gasteiger partial charge in [0.25, 0.3) is 0 Å². The van der Waals surface area contributed by atoms with Gasteiger partial charge in [0.15, 0.2) is 12.3 Å². The summed E-state index contributed by atoms with van der Waals surface area (Å²) >= 11 is 6.13. The number of carbonyl (C=O) groups is 1. The molecule has 0 aliphatic carbocycles. The SMILES string of the molecule is CCO/N=c1\nc[nH]c2c1ccn2[C@@H]1O[C@H](C(OC(=O)c2ccc(-c3ccccc3)cc2)c2ccc(Cl)cc2)[C@@H](O)[C@H]1O. The predicted molar refractivity (Wildman–Crippen MR) is 159 cm³/mol. The lowest BCUT2D eigenvalue weighted by molar-refractivity contribution is -0.0916. The number of benzene rings is 3. The standard InChI is InChI=1S/C32H29ClN4O6/c1-2-41-36-29-24-16-17-37(30(24)35-18-34-29)31-26(39)25(38)28(42-31)27(21-12-14-23(33)15-13-21)43-32(40)22-10-8-20(9-11-22)19-6-4-3-5-7-19/h3-18,25-28,31,38-39H,2H2,1H3,(H,34,35,36)/t25-,26+,27?,28-,31+/m0/s1. The number of hydrogen-bond donors (Lipinski definition) is 3. The van der Waals surface area contributed by atoms with Gasteiger partial charge in [-0.15, -0.1) is 0 Å². The number of rotatable bonds is 8. The number of ether oxygens (including phenoxy) is 2. The van der Waals surface area contributed by atoms with Gasteiger partial charge >= 0.3 is 5.97 Å². The molecule has 1 unspecified atom stereocenters. The molecule has 1 aliphatic heterocycles. The number of aromatic nitrogens is 3. The molecule has 0 spiro atoms. The van der Waals surface area contributed by atoms with Crippen molar-refractivity contribution in [3.63, 3.8) is 0 Å². The van der Waals surface area contributed by atoms with Crippen molar-refractivity contribution in [2.75, 3.05) is 6.61 Å². The van der Waals surface area contributed by atoms with E-state index < -0.39 is 36.6 Å². The van der Waals surface area contributed by atoms with Gasteiger partial charge in [0.1, 0.15) is 30.6 Å². The van der Waals surface area contributed by atoms with Gasteiger partial charge < -0.3 is 34.1 Å². The highest BCUT2D eigenvalue weighted by Gasteiger charge is 2.49. The molecule has 2 aromatic heterocycles. The average Bonchev–Trinajstić information content (AvgIpc) is 3.60. The summed E-state index contributed by atoms with van der Waals surface area (Å²) in [6.07, 6.45) is -2.81. The van der Waals surface area contributed by atoms with Crippen LogP contribution in [0.2, 0.25) is 5.02 Å². The van der Waals surface area contributed by atoms with Gasteiger partial charge in [0.05, 0.1) is 17.3 Å². The highest BCUT2D eigenvalue weighted by Crippen LogP contribution is 2.39. The molecular formula is C32H29ClN4O6. The van der Waals surface area contributed by atoms with Crippen molar-refractivity contribution in [2.45, 2.75) is 37.6 Å². The zero-order valence-electron chi connectivity index (χ0n) is 23.1. The lowest BCUT2D eigenvalue weighted by Crippen LogP contribution is -2.36. The smallest absolute Gasteiger partial charge is 0.338 e. The van der Waals surface area contributed by atoms with Crippen LogP contribution in [0.25, 0.3) is 22.2 Å². The maximum Gasteiger partial charge on any atom is 0.338 e. The Bertz CT molecular complexity index is 1770. The van der Waals surface area contributed by atoms with Crippen LogP contribution < -0.4 is 5.49 Å². The number of nitrogens with zero attached hydrogens (tertiary/aromatic N) is 3. The topological polar surface area (TPSA) is 131 Å². The maximum absolute atomic E-state index is 13.4. The molecular weight excluding hydrogens is 572 g/mol. The fourth-order valence-corrected chi connectivity index (χ4v) is 5.30. The number of H-pyrrole nitrogens is 1. The number of carbonyl (C=O) groups excluding carboxylic acids is 1. The number of fused-ring (bicyclic) bond motifs is 1. The summed E-state index contributed by atoms with van der Waals surface area (Å²) in [6, 6.07) is 25.3. The van der Waals surface area contributed by atoms with Crippen LogP contribution in [0.3, 0.4) is 0 Å². The second kappa shape index (κ2) is 12.4. The van der Waals surface area contributed by atoms with Gasteiger partial charge in [-0.3, -0.25) is 0 Å². The number of aromatic amines is 1. The summed E-state index contributed by atoms with van der Waals surface area (Å²) in [5.41, 5.74) is 3.74. The van der Waals surface area contributed by atoms with E-state index in [1.807, 2.05) is 49.4 Å². The van der Waals surface area contributed by atoms with Crippen molar-refractivity contribution in [1.29, 1.82) is 0 Å². The minimum Gasteiger partial charge on any atom is -0.451 e. The molecule has 0 radical (unpaired) electrons. The Morgan fingerprint density at radius 3 is 2.47 bits per heavy atom. The predicted octanol–water partition coefficient (Wildman–Crippen LogP) is 4.75. The van der Waals surface area contributed by atoms with Gasteiger partial charge in [-0.25, -0.2) is 9.78 Å². The zero-order valence-corrected chi connectivity index (χ0v) is 23.8. The normalized spacial score (nSPS) is 21.2. The molecule has 10 nitrogen and oxygen atoms in total. The third-order valence-corrected chi connectivity index (χ3v) is 7.58. The first-order valence-corrected chi connectivity index (χ1v) is 14.2. The number of aliphatic hydroxyl groups is 2. The first-order chi connectivity index (χ1) is 20.9. The molecule has 5 atom stereocenters. The first kappa shape index (κ1) is 28.6. The number of aliphatic hydroxyl groups excluding tert-OH is 2. The quantitative estimate of drug-likeness (QED) is 0.173. The number of halogens is 1. The van der Waals surface area contributed by atoms with Gasteiger partial charge in [-0.1, -0.05) is 71.4 Å². The molecule has 3 heterocycles. The highest BCUT2D eigenvalue weighted by molar-refractivity contribution is 6.30. The third-order valence-electron chi connectivity index (χ3n) is 7.33. The van der Waals surface area contributed by atoms with E-state index in [0.717, 1.165) is 11.1 Å². The second-order valence-electron chi connectivity index (χ2n) is 10.0. The van der Waals surface area contributed by atoms with Crippen LogP contribution in [0.5, 0.6) is 0 Å². The molecule has 3 N–H and O–H groups in total. The molecule has 0 bridgehead atoms. The number of hydrogen-bond acceptors (Lipinski definition) is 8. The van der Waals surface area contributed by atoms with Crippen LogP contribution >= 0.6 is 11.6 Å². The van der Waals surface area contributed by atoms with Crippen LogP contribution in [-0.4, -0.2) is 55.6 Å². The van der Waals surface area contributed by atoms with E-state index in [1.54, 1.807) is 53.2 Å². The molecule has 1 saturated heterocycles. The Hall–Kier alpha value is -4.48. The summed E-state index contributed by atoms with van der Waals surface area (Å²) in [5, 5.41) is 27.6. The first-order valence-electron chi connectivity index (χ1n) is 13.8. The Morgan fingerprint density at radius 1 is 1.02 bits per heavy atom. The summed E-state index contributed by atoms with van der Waals surface area (Å²) < 4.78 is 13.9. The van der Waals surface area contributed by atoms with Crippen molar-refractivity contribution in [3.8, 4) is 11.1 Å². The lowest BCUT2D eigenvalue weighted by Gasteiger charge is -2.26. The molecule has 6 rings (SSSR count). The molecule has 5 aromatic rings. The van der Waals surface area contributed by atoms with Crippen LogP contribution in [0.1, 0.15) is 35.2 Å². The highest BCUT2D eigenvalue weighted by atomic mass is 35.5. The zero-order chi connectivity index (χ0) is 29.9. The average molecular weight is 601 g/mol. The molecule has 43 heavy (non-hydrogen) atoms. The summed E-state index contributed by atoms with van der Waals surface area (Å²) in [6.45, 7) is 2.19. The Balaban J connectivity index is 1.30. The fourth-order valence-electron chi connectivity index (χ4n) is 5.17. The third kappa shape index (κ3) is 5.78. The minimum absolute atomic E-state index is 0.326. The second-order valence-corrected chi connectivity index (χ2v) is 10.5. The van der Waals surface area contributed by atoms with E-state index >= 15 is 0 Å². The van der Waals surface area contributed by atoms with E-state index in [2.05, 4.69) is 15.1 Å². The molecule has 11 heteroatoms. The molecule has 0 saturated carbocycles. The van der Waals surface area contributed by atoms with E-state index in [0.29, 0.717) is 39.3 Å². The van der Waals surface area contributed by atoms with Crippen LogP contribution in [0, 0.1) is 0 Å². The Labute approximate surface area is 251 Å². The molecule has 220 valence electrons. The van der Waals surface area contributed by atoms with Crippen molar-refractivity contribution in [1.82, 2.24) is 14.5 Å². The van der Waals surface area contributed by atoms with Crippen LogP contribution in [0.15, 0.2) is 103 Å². The van der Waals surface area contributed by atoms with E-state index in [4.69, 9.17) is 25.9 Å². The monoisotopic (exact) mass is 600 g/mol. The summed E-state index contributed by atoms with van der Waals surface area (Å²) in [5.74, 6) is -0.610. The maximum atomic E-state index is 13.4. The largest absolute Gasteiger partial charge is 0.451 e. The van der Waals surface area contributed by atoms with E-state index in [-0.39, 0.29) is 0 Å². The minimum atomic E-state index is -1.40. The summed E-state index contributed by atoms with van der Waals surface area (Å²) in [7, 11) is 0. The molecule has 1 fully saturated rings. The number of nitrogens with one attached hydrogen (secondary N) is 1. The van der Waals surface area contributed by atoms with Crippen LogP contribution in [-0.2, 0) is 14.3 Å². The van der Waals surface area contributed by atoms with Crippen molar-refractivity contribution in [3.05, 3.63) is 119 Å². The lowest BCUT2D eigenvalue weighted by atomic mass is 9.98.